The fraction of sp³-hybridized carbons (Fsp3) is 0.857. The van der Waals surface area contributed by atoms with Gasteiger partial charge in [-0.25, -0.2) is 19.6 Å². The average molecular weight is 895 g/mol. The summed E-state index contributed by atoms with van der Waals surface area (Å²) in [5.74, 6) is -0.0244. The smallest absolute Gasteiger partial charge is 0.360 e. The Kier molecular flexibility index (Phi) is 13.0. The van der Waals surface area contributed by atoms with Gasteiger partial charge in [0, 0.05) is 21.7 Å². The second-order valence-corrected chi connectivity index (χ2v) is 28.6. The van der Waals surface area contributed by atoms with Gasteiger partial charge in [-0.3, -0.25) is 0 Å². The fourth-order valence-electron chi connectivity index (χ4n) is 12.0. The van der Waals surface area contributed by atoms with Crippen LogP contribution in [0.4, 0.5) is 0 Å². The van der Waals surface area contributed by atoms with Gasteiger partial charge in [0.25, 0.3) is 0 Å². The van der Waals surface area contributed by atoms with Gasteiger partial charge in [0.1, 0.15) is 23.7 Å². The molecule has 8 nitrogen and oxygen atoms in total. The molecule has 0 N–H and O–H groups in total. The van der Waals surface area contributed by atoms with Gasteiger partial charge in [-0.05, 0) is 81.8 Å². The molecule has 64 heavy (non-hydrogen) atoms. The number of hydrogen-bond donors (Lipinski definition) is 0. The van der Waals surface area contributed by atoms with Gasteiger partial charge in [0.2, 0.25) is 11.8 Å². The lowest BCUT2D eigenvalue weighted by Crippen LogP contribution is -2.65. The molecule has 368 valence electrons. The van der Waals surface area contributed by atoms with Crippen molar-refractivity contribution >= 4 is 11.9 Å². The Morgan fingerprint density at radius 2 is 0.484 bits per heavy atom. The molecule has 3 rings (SSSR count). The Labute approximate surface area is 392 Å². The molecule has 0 atom stereocenters. The summed E-state index contributed by atoms with van der Waals surface area (Å²) in [6.07, 6.45) is 2.95. The number of nitrogens with zero attached hydrogens (tertiary/aromatic N) is 2. The lowest BCUT2D eigenvalue weighted by molar-refractivity contribution is -0.218. The van der Waals surface area contributed by atoms with Crippen molar-refractivity contribution in [1.29, 1.82) is 0 Å². The number of ether oxygens (including phenoxy) is 2. The molecule has 0 unspecified atom stereocenters. The van der Waals surface area contributed by atoms with Crippen LogP contribution in [0.2, 0.25) is 0 Å². The minimum absolute atomic E-state index is 0.165. The van der Waals surface area contributed by atoms with Crippen LogP contribution in [-0.4, -0.2) is 33.1 Å². The number of cyclic esters (lactones) is 2. The largest absolute Gasteiger partial charge is 0.454 e. The van der Waals surface area contributed by atoms with Crippen molar-refractivity contribution in [2.75, 3.05) is 0 Å². The summed E-state index contributed by atoms with van der Waals surface area (Å²) < 4.78 is 25.9. The number of esters is 2. The van der Waals surface area contributed by atoms with Crippen molar-refractivity contribution in [3.8, 4) is 0 Å². The third-order valence-electron chi connectivity index (χ3n) is 25.0. The van der Waals surface area contributed by atoms with Crippen LogP contribution in [0.3, 0.4) is 0 Å². The molecule has 8 heteroatoms. The zero-order chi connectivity index (χ0) is 51.1. The van der Waals surface area contributed by atoms with E-state index in [-0.39, 0.29) is 43.9 Å². The summed E-state index contributed by atoms with van der Waals surface area (Å²) in [5, 5.41) is 0. The number of rotatable bonds is 0. The van der Waals surface area contributed by atoms with E-state index in [1.54, 1.807) is 0 Å². The highest BCUT2D eigenvalue weighted by Crippen LogP contribution is 2.73. The van der Waals surface area contributed by atoms with E-state index in [1.807, 2.05) is 27.7 Å². The van der Waals surface area contributed by atoms with Crippen molar-refractivity contribution in [1.82, 2.24) is 9.97 Å². The van der Waals surface area contributed by atoms with E-state index in [1.165, 1.54) is 12.5 Å². The predicted octanol–water partition coefficient (Wildman–Crippen LogP) is 16.1. The molecule has 1 aliphatic rings. The Bertz CT molecular complexity index is 1930. The minimum Gasteiger partial charge on any atom is -0.454 e. The van der Waals surface area contributed by atoms with E-state index < -0.39 is 66.5 Å². The fourth-order valence-corrected chi connectivity index (χ4v) is 12.0. The third kappa shape index (κ3) is 6.89. The van der Waals surface area contributed by atoms with Crippen LogP contribution in [-0.2, 0) is 20.3 Å². The molecule has 4 bridgehead atoms. The van der Waals surface area contributed by atoms with Crippen LogP contribution in [0.15, 0.2) is 21.4 Å². The first-order valence-corrected chi connectivity index (χ1v) is 24.1. The van der Waals surface area contributed by atoms with Crippen molar-refractivity contribution < 1.29 is 27.9 Å². The maximum absolute atomic E-state index is 14.4. The molecule has 3 heterocycles. The molecule has 1 aliphatic heterocycles. The molecule has 0 saturated heterocycles. The molecule has 0 saturated carbocycles. The zero-order valence-electron chi connectivity index (χ0n) is 47.5. The molecule has 0 fully saturated rings. The monoisotopic (exact) mass is 895 g/mol. The second-order valence-electron chi connectivity index (χ2n) is 28.6. The van der Waals surface area contributed by atoms with Crippen LogP contribution in [0, 0.1) is 65.0 Å². The first-order chi connectivity index (χ1) is 27.7. The maximum Gasteiger partial charge on any atom is 0.360 e. The maximum atomic E-state index is 14.4. The van der Waals surface area contributed by atoms with Crippen molar-refractivity contribution in [2.45, 2.75) is 244 Å². The number of fused-ring (bicyclic) bond motifs is 4. The van der Waals surface area contributed by atoms with Gasteiger partial charge in [-0.1, -0.05) is 194 Å². The van der Waals surface area contributed by atoms with Crippen LogP contribution in [0.25, 0.3) is 0 Å². The summed E-state index contributed by atoms with van der Waals surface area (Å²) in [6.45, 7) is 72.3. The van der Waals surface area contributed by atoms with E-state index >= 15 is 0 Å². The SMILES string of the molecule is CC1(C)OC(=O)c2coc(n2)C(C)(C)C(C)(C)C(C)(C)C(C)(C)C(C)(C)C(C)(C)C(C)(C)C(C)(C)OC(=O)c2coc(n2)C(C)(C)C(C)(C)C(C)(C)C(C)(C)C(C)(C)C(C)(C)C1(C)C. The van der Waals surface area contributed by atoms with Gasteiger partial charge < -0.3 is 18.3 Å². The van der Waals surface area contributed by atoms with Crippen molar-refractivity contribution in [3.63, 3.8) is 0 Å². The quantitative estimate of drug-likeness (QED) is 0.241. The first kappa shape index (κ1) is 55.7. The van der Waals surface area contributed by atoms with Crippen LogP contribution in [0.5, 0.6) is 0 Å². The Balaban J connectivity index is 2.45. The summed E-state index contributed by atoms with van der Waals surface area (Å²) in [7, 11) is 0. The lowest BCUT2D eigenvalue weighted by atomic mass is 9.36. The minimum atomic E-state index is -0.936. The summed E-state index contributed by atoms with van der Waals surface area (Å²) >= 11 is 0. The molecule has 2 aromatic rings. The highest BCUT2D eigenvalue weighted by atomic mass is 16.6. The highest BCUT2D eigenvalue weighted by molar-refractivity contribution is 5.87. The van der Waals surface area contributed by atoms with Gasteiger partial charge in [-0.15, -0.1) is 0 Å². The van der Waals surface area contributed by atoms with Gasteiger partial charge in [-0.2, -0.15) is 0 Å². The van der Waals surface area contributed by atoms with E-state index in [2.05, 4.69) is 194 Å². The summed E-state index contributed by atoms with van der Waals surface area (Å²) in [4.78, 5) is 38.8. The van der Waals surface area contributed by atoms with E-state index in [0.29, 0.717) is 11.8 Å². The number of aromatic nitrogens is 2. The predicted molar refractivity (Wildman–Crippen MR) is 263 cm³/mol. The summed E-state index contributed by atoms with van der Waals surface area (Å²) in [5.41, 5.74) is -7.97. The number of oxazole rings is 2. The second kappa shape index (κ2) is 14.9. The number of carbonyl (C=O) groups is 2. The molecule has 0 aliphatic carbocycles. The van der Waals surface area contributed by atoms with E-state index in [9.17, 15) is 9.59 Å². The third-order valence-corrected chi connectivity index (χ3v) is 25.0. The Hall–Kier alpha value is -2.64. The average Bonchev–Trinajstić information content (AvgIpc) is 3.82. The highest BCUT2D eigenvalue weighted by Gasteiger charge is 2.69. The lowest BCUT2D eigenvalue weighted by Gasteiger charge is -2.68. The number of hydrogen-bond acceptors (Lipinski definition) is 8. The Morgan fingerprint density at radius 1 is 0.297 bits per heavy atom. The molecule has 0 spiro atoms. The van der Waals surface area contributed by atoms with Crippen LogP contribution in [0.1, 0.15) is 254 Å². The normalized spacial score (nSPS) is 29.1. The topological polar surface area (TPSA) is 105 Å². The van der Waals surface area contributed by atoms with Crippen molar-refractivity contribution in [2.24, 2.45) is 65.0 Å². The molecule has 0 amide bonds. The van der Waals surface area contributed by atoms with Gasteiger partial charge in [0.15, 0.2) is 11.4 Å². The van der Waals surface area contributed by atoms with Crippen LogP contribution >= 0.6 is 0 Å². The Morgan fingerprint density at radius 3 is 0.703 bits per heavy atom. The molecular formula is C56H98N2O6. The zero-order valence-corrected chi connectivity index (χ0v) is 47.5. The molecule has 0 radical (unpaired) electrons. The first-order valence-electron chi connectivity index (χ1n) is 24.1. The van der Waals surface area contributed by atoms with E-state index in [4.69, 9.17) is 28.3 Å². The van der Waals surface area contributed by atoms with Gasteiger partial charge in [0.05, 0.1) is 0 Å². The van der Waals surface area contributed by atoms with Gasteiger partial charge >= 0.3 is 11.9 Å². The summed E-state index contributed by atoms with van der Waals surface area (Å²) in [6, 6.07) is 0. The number of carbonyl (C=O) groups excluding carboxylic acids is 2. The molecule has 2 aromatic heterocycles. The van der Waals surface area contributed by atoms with E-state index in [0.717, 1.165) is 0 Å². The molecule has 0 aromatic carbocycles. The molecular weight excluding hydrogens is 797 g/mol. The van der Waals surface area contributed by atoms with Crippen molar-refractivity contribution in [3.05, 3.63) is 35.7 Å². The van der Waals surface area contributed by atoms with Crippen LogP contribution < -0.4 is 0 Å². The standard InChI is InChI=1S/C56H98N2O6/c1-41(2)39-57-35(33-61-39)37(59)63-55(29,30)54(27,28)52(23,24)50(19,20)48(15,16)46(11,12)44(7,8)42(3,4)40-58-36(34-62-40)38(60)64-56(31,32)53(25,26)51(21,22)49(17,18)47(13,14)45(9,10)43(41,5)6/h33-34H,1-32H3.